The van der Waals surface area contributed by atoms with E-state index in [2.05, 4.69) is 10.4 Å². The normalized spacial score (nSPS) is 11.6. The summed E-state index contributed by atoms with van der Waals surface area (Å²) in [6.07, 6.45) is 1.48. The van der Waals surface area contributed by atoms with E-state index in [0.717, 1.165) is 11.1 Å². The highest BCUT2D eigenvalue weighted by atomic mass is 32.2. The number of aromatic nitrogens is 1. The lowest BCUT2D eigenvalue weighted by Gasteiger charge is -2.18. The van der Waals surface area contributed by atoms with Crippen molar-refractivity contribution < 1.29 is 8.42 Å². The molecule has 2 rings (SSSR count). The number of hydrazine groups is 1. The second kappa shape index (κ2) is 6.21. The second-order valence-electron chi connectivity index (χ2n) is 4.74. The molecule has 3 N–H and O–H groups in total. The maximum absolute atomic E-state index is 12.6. The van der Waals surface area contributed by atoms with Gasteiger partial charge in [0, 0.05) is 19.8 Å². The van der Waals surface area contributed by atoms with Crippen LogP contribution in [0, 0.1) is 6.92 Å². The number of hydrogen-bond acceptors (Lipinski definition) is 5. The third-order valence-corrected chi connectivity index (χ3v) is 4.96. The molecule has 6 nitrogen and oxygen atoms in total. The van der Waals surface area contributed by atoms with Crippen LogP contribution in [0.2, 0.25) is 0 Å². The lowest BCUT2D eigenvalue weighted by atomic mass is 10.1. The largest absolute Gasteiger partial charge is 0.307 e. The molecule has 21 heavy (non-hydrogen) atoms. The fraction of sp³-hybridized carbons (Fsp3) is 0.214. The van der Waals surface area contributed by atoms with Crippen LogP contribution in [0.25, 0.3) is 0 Å². The first-order valence-corrected chi connectivity index (χ1v) is 7.82. The molecule has 0 fully saturated rings. The molecule has 7 heteroatoms. The first-order valence-electron chi connectivity index (χ1n) is 6.38. The molecule has 0 aliphatic carbocycles. The zero-order valence-corrected chi connectivity index (χ0v) is 12.8. The summed E-state index contributed by atoms with van der Waals surface area (Å²) in [6.45, 7) is 2.26. The molecule has 0 atom stereocenters. The van der Waals surface area contributed by atoms with Crippen molar-refractivity contribution in [1.82, 2.24) is 9.29 Å². The molecule has 112 valence electrons. The van der Waals surface area contributed by atoms with Crippen LogP contribution in [-0.2, 0) is 16.6 Å². The lowest BCUT2D eigenvalue weighted by Crippen LogP contribution is -2.28. The first kappa shape index (κ1) is 15.4. The van der Waals surface area contributed by atoms with Crippen molar-refractivity contribution in [2.24, 2.45) is 5.84 Å². The molecule has 0 bridgehead atoms. The van der Waals surface area contributed by atoms with Gasteiger partial charge in [0.1, 0.15) is 4.90 Å². The SMILES string of the molecule is Cc1ccc(CN(C)S(=O)(=O)c2cccnc2NN)cc1. The Kier molecular flexibility index (Phi) is 4.56. The van der Waals surface area contributed by atoms with Crippen LogP contribution >= 0.6 is 0 Å². The highest BCUT2D eigenvalue weighted by Crippen LogP contribution is 2.22. The number of pyridine rings is 1. The number of nitrogens with zero attached hydrogens (tertiary/aromatic N) is 2. The zero-order chi connectivity index (χ0) is 15.5. The van der Waals surface area contributed by atoms with Gasteiger partial charge in [-0.3, -0.25) is 0 Å². The van der Waals surface area contributed by atoms with E-state index in [0.29, 0.717) is 0 Å². The summed E-state index contributed by atoms with van der Waals surface area (Å²) in [4.78, 5) is 3.98. The molecule has 0 saturated carbocycles. The van der Waals surface area contributed by atoms with E-state index in [1.807, 2.05) is 31.2 Å². The van der Waals surface area contributed by atoms with E-state index in [1.54, 1.807) is 6.07 Å². The fourth-order valence-corrected chi connectivity index (χ4v) is 3.17. The number of nitrogens with two attached hydrogens (primary N) is 1. The first-order chi connectivity index (χ1) is 9.95. The summed E-state index contributed by atoms with van der Waals surface area (Å²) in [5, 5.41) is 0. The van der Waals surface area contributed by atoms with Crippen molar-refractivity contribution in [3.63, 3.8) is 0 Å². The van der Waals surface area contributed by atoms with Crippen LogP contribution in [0.15, 0.2) is 47.5 Å². The lowest BCUT2D eigenvalue weighted by molar-refractivity contribution is 0.466. The molecular weight excluding hydrogens is 288 g/mol. The molecule has 0 unspecified atom stereocenters. The summed E-state index contributed by atoms with van der Waals surface area (Å²) >= 11 is 0. The predicted octanol–water partition coefficient (Wildman–Crippen LogP) is 1.50. The number of anilines is 1. The Labute approximate surface area is 124 Å². The molecular formula is C14H18N4O2S. The molecule has 2 aromatic rings. The van der Waals surface area contributed by atoms with Gasteiger partial charge in [-0.05, 0) is 24.6 Å². The summed E-state index contributed by atoms with van der Waals surface area (Å²) < 4.78 is 26.4. The summed E-state index contributed by atoms with van der Waals surface area (Å²) in [6, 6.07) is 10.8. The summed E-state index contributed by atoms with van der Waals surface area (Å²) in [5.74, 6) is 5.45. The number of benzene rings is 1. The Morgan fingerprint density at radius 2 is 1.90 bits per heavy atom. The Morgan fingerprint density at radius 3 is 2.52 bits per heavy atom. The minimum Gasteiger partial charge on any atom is -0.307 e. The van der Waals surface area contributed by atoms with Gasteiger partial charge in [0.25, 0.3) is 0 Å². The second-order valence-corrected chi connectivity index (χ2v) is 6.75. The quantitative estimate of drug-likeness (QED) is 0.645. The van der Waals surface area contributed by atoms with E-state index in [1.165, 1.54) is 23.6 Å². The molecule has 0 amide bonds. The van der Waals surface area contributed by atoms with E-state index in [9.17, 15) is 8.42 Å². The molecule has 0 saturated heterocycles. The number of rotatable bonds is 5. The van der Waals surface area contributed by atoms with Crippen LogP contribution in [0.4, 0.5) is 5.82 Å². The van der Waals surface area contributed by atoms with Crippen molar-refractivity contribution in [2.45, 2.75) is 18.4 Å². The smallest absolute Gasteiger partial charge is 0.246 e. The average Bonchev–Trinajstić information content (AvgIpc) is 2.49. The Hall–Kier alpha value is -1.96. The molecule has 1 heterocycles. The third kappa shape index (κ3) is 3.38. The van der Waals surface area contributed by atoms with Gasteiger partial charge >= 0.3 is 0 Å². The van der Waals surface area contributed by atoms with Gasteiger partial charge in [0.05, 0.1) is 0 Å². The van der Waals surface area contributed by atoms with Crippen LogP contribution in [0.1, 0.15) is 11.1 Å². The van der Waals surface area contributed by atoms with Crippen molar-refractivity contribution >= 4 is 15.8 Å². The number of nitrogen functional groups attached to an aromatic ring is 1. The fourth-order valence-electron chi connectivity index (χ4n) is 1.91. The van der Waals surface area contributed by atoms with Gasteiger partial charge in [0.15, 0.2) is 5.82 Å². The molecule has 1 aromatic carbocycles. The molecule has 1 aromatic heterocycles. The van der Waals surface area contributed by atoms with Crippen LogP contribution in [0.3, 0.4) is 0 Å². The number of aryl methyl sites for hydroxylation is 1. The summed E-state index contributed by atoms with van der Waals surface area (Å²) in [5.41, 5.74) is 4.36. The Balaban J connectivity index is 2.28. The van der Waals surface area contributed by atoms with Crippen LogP contribution in [0.5, 0.6) is 0 Å². The van der Waals surface area contributed by atoms with E-state index < -0.39 is 10.0 Å². The zero-order valence-electron chi connectivity index (χ0n) is 11.9. The summed E-state index contributed by atoms with van der Waals surface area (Å²) in [7, 11) is -2.13. The maximum atomic E-state index is 12.6. The highest BCUT2D eigenvalue weighted by molar-refractivity contribution is 7.89. The Morgan fingerprint density at radius 1 is 1.24 bits per heavy atom. The van der Waals surface area contributed by atoms with E-state index >= 15 is 0 Å². The van der Waals surface area contributed by atoms with E-state index in [4.69, 9.17) is 5.84 Å². The maximum Gasteiger partial charge on any atom is 0.246 e. The number of hydrogen-bond donors (Lipinski definition) is 2. The van der Waals surface area contributed by atoms with Gasteiger partial charge in [0.2, 0.25) is 10.0 Å². The molecule has 0 aliphatic heterocycles. The molecule has 0 aliphatic rings. The number of nitrogens with one attached hydrogen (secondary N) is 1. The van der Waals surface area contributed by atoms with Crippen molar-refractivity contribution in [1.29, 1.82) is 0 Å². The van der Waals surface area contributed by atoms with Gasteiger partial charge in [-0.2, -0.15) is 4.31 Å². The molecule has 0 radical (unpaired) electrons. The van der Waals surface area contributed by atoms with Crippen molar-refractivity contribution in [2.75, 3.05) is 12.5 Å². The van der Waals surface area contributed by atoms with Gasteiger partial charge in [-0.1, -0.05) is 29.8 Å². The minimum absolute atomic E-state index is 0.0575. The Bertz CT molecular complexity index is 714. The monoisotopic (exact) mass is 306 g/mol. The predicted molar refractivity (Wildman–Crippen MR) is 81.9 cm³/mol. The van der Waals surface area contributed by atoms with Gasteiger partial charge in [-0.15, -0.1) is 0 Å². The standard InChI is InChI=1S/C14H18N4O2S/c1-11-5-7-12(8-6-11)10-18(2)21(19,20)13-4-3-9-16-14(13)17-15/h3-9H,10,15H2,1-2H3,(H,16,17). The van der Waals surface area contributed by atoms with Crippen LogP contribution < -0.4 is 11.3 Å². The topological polar surface area (TPSA) is 88.3 Å². The van der Waals surface area contributed by atoms with Crippen LogP contribution in [-0.4, -0.2) is 24.8 Å². The molecule has 0 spiro atoms. The third-order valence-electron chi connectivity index (χ3n) is 3.12. The highest BCUT2D eigenvalue weighted by Gasteiger charge is 2.24. The minimum atomic E-state index is -3.66. The van der Waals surface area contributed by atoms with Gasteiger partial charge in [-0.25, -0.2) is 19.2 Å². The van der Waals surface area contributed by atoms with Crippen molar-refractivity contribution in [3.8, 4) is 0 Å². The van der Waals surface area contributed by atoms with Crippen molar-refractivity contribution in [3.05, 3.63) is 53.7 Å². The van der Waals surface area contributed by atoms with E-state index in [-0.39, 0.29) is 17.3 Å². The average molecular weight is 306 g/mol. The van der Waals surface area contributed by atoms with Gasteiger partial charge < -0.3 is 5.43 Å². The number of sulfonamides is 1.